The number of rotatable bonds is 9. The van der Waals surface area contributed by atoms with Crippen molar-refractivity contribution in [3.63, 3.8) is 0 Å². The molecule has 1 aromatic carbocycles. The van der Waals surface area contributed by atoms with Gasteiger partial charge in [-0.05, 0) is 25.8 Å². The van der Waals surface area contributed by atoms with Crippen molar-refractivity contribution in [3.05, 3.63) is 30.2 Å². The van der Waals surface area contributed by atoms with Gasteiger partial charge >= 0.3 is 5.97 Å². The number of piperidine rings is 1. The number of aliphatic imine (C=N–C) groups is 1. The Morgan fingerprint density at radius 3 is 2.59 bits per heavy atom. The molecule has 1 saturated heterocycles. The average molecular weight is 511 g/mol. The molecule has 0 radical (unpaired) electrons. The summed E-state index contributed by atoms with van der Waals surface area (Å²) in [5, 5.41) is 0.557. The maximum Gasteiger partial charge on any atom is 0.309 e. The number of esters is 1. The highest BCUT2D eigenvalue weighted by Crippen LogP contribution is 2.35. The van der Waals surface area contributed by atoms with E-state index in [2.05, 4.69) is 15.0 Å². The van der Waals surface area contributed by atoms with Gasteiger partial charge in [0.2, 0.25) is 5.78 Å². The summed E-state index contributed by atoms with van der Waals surface area (Å²) < 4.78 is 21.3. The van der Waals surface area contributed by atoms with Gasteiger partial charge in [-0.25, -0.2) is 15.0 Å². The Morgan fingerprint density at radius 1 is 1.11 bits per heavy atom. The van der Waals surface area contributed by atoms with E-state index in [-0.39, 0.29) is 41.4 Å². The maximum absolute atomic E-state index is 13.0. The number of Topliss-reactive ketones (excluding diaryl/α,β-unsaturated/α-hetero) is 1. The number of nitrogens with zero attached hydrogens (tertiary/aromatic N) is 4. The number of allylic oxidation sites excluding steroid dienone is 2. The van der Waals surface area contributed by atoms with Crippen molar-refractivity contribution in [2.75, 3.05) is 47.1 Å². The Kier molecular flexibility index (Phi) is 8.44. The molecule has 2 aromatic rings. The molecule has 2 aliphatic rings. The number of methoxy groups -OCH3 is 2. The lowest BCUT2D eigenvalue weighted by molar-refractivity contribution is -0.149. The number of carbonyl (C=O) groups is 3. The van der Waals surface area contributed by atoms with Gasteiger partial charge in [-0.1, -0.05) is 0 Å². The first-order valence-electron chi connectivity index (χ1n) is 12.2. The van der Waals surface area contributed by atoms with Gasteiger partial charge in [0.15, 0.2) is 23.1 Å². The summed E-state index contributed by atoms with van der Waals surface area (Å²) in [6.45, 7) is 3.89. The molecule has 11 heteroatoms. The van der Waals surface area contributed by atoms with Crippen molar-refractivity contribution >= 4 is 40.0 Å². The summed E-state index contributed by atoms with van der Waals surface area (Å²) in [7, 11) is 3.11. The molecule has 11 nitrogen and oxygen atoms in total. The first-order valence-corrected chi connectivity index (χ1v) is 12.2. The van der Waals surface area contributed by atoms with E-state index in [0.717, 1.165) is 0 Å². The first kappa shape index (κ1) is 26.2. The molecular formula is C26H30N4O7. The number of benzene rings is 1. The number of fused-ring (bicyclic) bond motifs is 1. The molecule has 37 heavy (non-hydrogen) atoms. The number of hydrogen-bond acceptors (Lipinski definition) is 11. The minimum atomic E-state index is -0.347. The van der Waals surface area contributed by atoms with Crippen LogP contribution in [0.15, 0.2) is 35.2 Å². The van der Waals surface area contributed by atoms with Crippen LogP contribution >= 0.6 is 0 Å². The molecule has 0 atom stereocenters. The van der Waals surface area contributed by atoms with Crippen molar-refractivity contribution in [1.29, 1.82) is 0 Å². The highest BCUT2D eigenvalue weighted by molar-refractivity contribution is 6.50. The molecule has 4 rings (SSSR count). The van der Waals surface area contributed by atoms with Crippen molar-refractivity contribution in [1.82, 2.24) is 14.9 Å². The van der Waals surface area contributed by atoms with E-state index in [1.54, 1.807) is 26.2 Å². The van der Waals surface area contributed by atoms with E-state index in [1.165, 1.54) is 19.5 Å². The summed E-state index contributed by atoms with van der Waals surface area (Å²) in [5.41, 5.74) is 1.02. The van der Waals surface area contributed by atoms with Crippen LogP contribution in [0.2, 0.25) is 0 Å². The Labute approximate surface area is 214 Å². The minimum Gasteiger partial charge on any atom is -0.493 e. The second-order valence-corrected chi connectivity index (χ2v) is 8.62. The molecule has 1 aromatic heterocycles. The maximum atomic E-state index is 13.0. The molecule has 2 heterocycles. The molecule has 0 saturated carbocycles. The Balaban J connectivity index is 1.54. The summed E-state index contributed by atoms with van der Waals surface area (Å²) in [4.78, 5) is 52.8. The molecule has 0 bridgehead atoms. The van der Waals surface area contributed by atoms with E-state index in [1.807, 2.05) is 4.90 Å². The van der Waals surface area contributed by atoms with Crippen LogP contribution in [0.1, 0.15) is 26.2 Å². The van der Waals surface area contributed by atoms with Gasteiger partial charge < -0.3 is 23.8 Å². The van der Waals surface area contributed by atoms with E-state index < -0.39 is 0 Å². The van der Waals surface area contributed by atoms with Gasteiger partial charge in [0.05, 0.1) is 49.6 Å². The highest BCUT2D eigenvalue weighted by Gasteiger charge is 2.32. The first-order chi connectivity index (χ1) is 17.9. The lowest BCUT2D eigenvalue weighted by Crippen LogP contribution is -2.40. The average Bonchev–Trinajstić information content (AvgIpc) is 2.90. The SMILES string of the molecule is CCOC(=O)C1CCN(C2=CC(=O)C(=Nc3ncnc4cc(OCCOC)c(OC)cc34)CC2=O)CC1. The van der Waals surface area contributed by atoms with Gasteiger partial charge in [0, 0.05) is 37.7 Å². The summed E-state index contributed by atoms with van der Waals surface area (Å²) >= 11 is 0. The number of ketones is 2. The topological polar surface area (TPSA) is 130 Å². The van der Waals surface area contributed by atoms with Gasteiger partial charge in [-0.15, -0.1) is 0 Å². The van der Waals surface area contributed by atoms with Crippen LogP contribution in [-0.4, -0.2) is 85.2 Å². The summed E-state index contributed by atoms with van der Waals surface area (Å²) in [6.07, 6.45) is 3.69. The van der Waals surface area contributed by atoms with Crippen LogP contribution in [0, 0.1) is 5.92 Å². The zero-order chi connectivity index (χ0) is 26.4. The quantitative estimate of drug-likeness (QED) is 0.366. The highest BCUT2D eigenvalue weighted by atomic mass is 16.5. The van der Waals surface area contributed by atoms with E-state index in [0.29, 0.717) is 73.9 Å². The second kappa shape index (κ2) is 11.9. The molecule has 1 fully saturated rings. The normalized spacial score (nSPS) is 17.8. The van der Waals surface area contributed by atoms with E-state index in [9.17, 15) is 14.4 Å². The molecule has 0 N–H and O–H groups in total. The molecule has 196 valence electrons. The lowest BCUT2D eigenvalue weighted by Gasteiger charge is -2.34. The zero-order valence-electron chi connectivity index (χ0n) is 21.2. The van der Waals surface area contributed by atoms with Crippen LogP contribution in [0.5, 0.6) is 11.5 Å². The standard InChI is InChI=1S/C26H30N4O7/c1-4-36-26(33)16-5-7-30(8-6-16)20-14-21(31)19(12-22(20)32)29-25-17-11-23(35-3)24(37-10-9-34-2)13-18(17)27-15-28-25/h11,13-16H,4-10,12H2,1-3H3. The number of likely N-dealkylation sites (tertiary alicyclic amines) is 1. The fourth-order valence-electron chi connectivity index (χ4n) is 4.37. The number of ether oxygens (including phenoxy) is 4. The number of hydrogen-bond donors (Lipinski definition) is 0. The van der Waals surface area contributed by atoms with Crippen LogP contribution in [0.4, 0.5) is 5.82 Å². The predicted octanol–water partition coefficient (Wildman–Crippen LogP) is 2.44. The fourth-order valence-corrected chi connectivity index (χ4v) is 4.37. The second-order valence-electron chi connectivity index (χ2n) is 8.62. The van der Waals surface area contributed by atoms with Crippen LogP contribution in [0.25, 0.3) is 10.9 Å². The smallest absolute Gasteiger partial charge is 0.309 e. The van der Waals surface area contributed by atoms with Crippen molar-refractivity contribution < 1.29 is 33.3 Å². The number of aromatic nitrogens is 2. The molecule has 1 aliphatic carbocycles. The van der Waals surface area contributed by atoms with E-state index in [4.69, 9.17) is 18.9 Å². The fraction of sp³-hybridized carbons (Fsp3) is 0.462. The lowest BCUT2D eigenvalue weighted by atomic mass is 9.93. The van der Waals surface area contributed by atoms with Crippen molar-refractivity contribution in [2.24, 2.45) is 10.9 Å². The molecular weight excluding hydrogens is 480 g/mol. The van der Waals surface area contributed by atoms with Crippen LogP contribution < -0.4 is 9.47 Å². The summed E-state index contributed by atoms with van der Waals surface area (Å²) in [5.74, 6) is 0.274. The van der Waals surface area contributed by atoms with Gasteiger partial charge in [-0.3, -0.25) is 14.4 Å². The number of carbonyl (C=O) groups excluding carboxylic acids is 3. The van der Waals surface area contributed by atoms with Crippen LogP contribution in [-0.2, 0) is 23.9 Å². The molecule has 1 aliphatic heterocycles. The summed E-state index contributed by atoms with van der Waals surface area (Å²) in [6, 6.07) is 3.40. The molecule has 0 spiro atoms. The van der Waals surface area contributed by atoms with Crippen LogP contribution in [0.3, 0.4) is 0 Å². The monoisotopic (exact) mass is 510 g/mol. The Morgan fingerprint density at radius 2 is 1.89 bits per heavy atom. The van der Waals surface area contributed by atoms with Gasteiger partial charge in [-0.2, -0.15) is 0 Å². The molecule has 0 amide bonds. The Hall–Kier alpha value is -3.86. The zero-order valence-corrected chi connectivity index (χ0v) is 21.2. The van der Waals surface area contributed by atoms with Crippen molar-refractivity contribution in [3.8, 4) is 11.5 Å². The minimum absolute atomic E-state index is 0.106. The predicted molar refractivity (Wildman–Crippen MR) is 134 cm³/mol. The van der Waals surface area contributed by atoms with E-state index >= 15 is 0 Å². The third-order valence-electron chi connectivity index (χ3n) is 6.31. The van der Waals surface area contributed by atoms with Gasteiger partial charge in [0.25, 0.3) is 0 Å². The molecule has 0 unspecified atom stereocenters. The largest absolute Gasteiger partial charge is 0.493 e. The van der Waals surface area contributed by atoms with Crippen molar-refractivity contribution in [2.45, 2.75) is 26.2 Å². The Bertz CT molecular complexity index is 1250. The third-order valence-corrected chi connectivity index (χ3v) is 6.31. The van der Waals surface area contributed by atoms with Gasteiger partial charge in [0.1, 0.15) is 12.9 Å². The third kappa shape index (κ3) is 5.93.